The lowest BCUT2D eigenvalue weighted by atomic mass is 10.1. The Morgan fingerprint density at radius 2 is 1.45 bits per heavy atom. The van der Waals surface area contributed by atoms with Crippen LogP contribution in [0.3, 0.4) is 0 Å². The Hall–Kier alpha value is -4.40. The maximum Gasteiger partial charge on any atom is 0.416 e. The van der Waals surface area contributed by atoms with E-state index in [1.54, 1.807) is 30.6 Å². The van der Waals surface area contributed by atoms with Crippen LogP contribution in [0.1, 0.15) is 15.9 Å². The highest BCUT2D eigenvalue weighted by Crippen LogP contribution is 2.31. The summed E-state index contributed by atoms with van der Waals surface area (Å²) in [4.78, 5) is 28.4. The van der Waals surface area contributed by atoms with Crippen LogP contribution >= 0.6 is 0 Å². The summed E-state index contributed by atoms with van der Waals surface area (Å²) in [5, 5.41) is 2.51. The van der Waals surface area contributed by atoms with Crippen LogP contribution in [0.5, 0.6) is 0 Å². The van der Waals surface area contributed by atoms with Crippen molar-refractivity contribution in [1.82, 2.24) is 19.9 Å². The van der Waals surface area contributed by atoms with E-state index < -0.39 is 17.6 Å². The minimum Gasteiger partial charge on any atom is -0.360 e. The van der Waals surface area contributed by atoms with E-state index in [9.17, 15) is 18.0 Å². The van der Waals surface area contributed by atoms with Crippen LogP contribution in [-0.4, -0.2) is 25.8 Å². The lowest BCUT2D eigenvalue weighted by Gasteiger charge is -2.11. The standard InChI is InChI=1S/C24H16F3N5O/c25-24(26,27)15-4-1-5-16(13-15)30-23(33)14-8-9-17-20(12-14)32-22(19-7-3-11-29-19)21(31-17)18-6-2-10-28-18/h1-13,28-29H,(H,30,33). The van der Waals surface area contributed by atoms with Crippen LogP contribution in [-0.2, 0) is 6.18 Å². The molecule has 0 saturated heterocycles. The second-order valence-corrected chi connectivity index (χ2v) is 7.32. The molecule has 33 heavy (non-hydrogen) atoms. The normalized spacial score (nSPS) is 11.6. The average Bonchev–Trinajstić information content (AvgIpc) is 3.52. The molecule has 164 valence electrons. The van der Waals surface area contributed by atoms with Gasteiger partial charge in [0.25, 0.3) is 5.91 Å². The topological polar surface area (TPSA) is 86.5 Å². The average molecular weight is 447 g/mol. The molecule has 3 aromatic heterocycles. The maximum atomic E-state index is 13.0. The molecule has 3 heterocycles. The van der Waals surface area contributed by atoms with Crippen LogP contribution in [0.4, 0.5) is 18.9 Å². The molecule has 0 aliphatic carbocycles. The molecule has 0 unspecified atom stereocenters. The number of rotatable bonds is 4. The predicted molar refractivity (Wildman–Crippen MR) is 119 cm³/mol. The molecule has 5 aromatic rings. The van der Waals surface area contributed by atoms with Crippen molar-refractivity contribution in [1.29, 1.82) is 0 Å². The highest BCUT2D eigenvalue weighted by molar-refractivity contribution is 6.06. The summed E-state index contributed by atoms with van der Waals surface area (Å²) >= 11 is 0. The van der Waals surface area contributed by atoms with Crippen molar-refractivity contribution in [2.75, 3.05) is 5.32 Å². The summed E-state index contributed by atoms with van der Waals surface area (Å²) in [6.45, 7) is 0. The van der Waals surface area contributed by atoms with E-state index in [1.807, 2.05) is 24.3 Å². The van der Waals surface area contributed by atoms with E-state index >= 15 is 0 Å². The van der Waals surface area contributed by atoms with Gasteiger partial charge in [-0.25, -0.2) is 9.97 Å². The van der Waals surface area contributed by atoms with Crippen molar-refractivity contribution >= 4 is 22.6 Å². The molecular formula is C24H16F3N5O. The third-order valence-electron chi connectivity index (χ3n) is 5.08. The van der Waals surface area contributed by atoms with E-state index in [2.05, 4.69) is 15.3 Å². The summed E-state index contributed by atoms with van der Waals surface area (Å²) in [7, 11) is 0. The fourth-order valence-electron chi connectivity index (χ4n) is 3.50. The fourth-order valence-corrected chi connectivity index (χ4v) is 3.50. The largest absolute Gasteiger partial charge is 0.416 e. The number of nitrogens with zero attached hydrogens (tertiary/aromatic N) is 2. The SMILES string of the molecule is O=C(Nc1cccc(C(F)(F)F)c1)c1ccc2nc(-c3ccc[nH]3)c(-c3ccc[nH]3)nc2c1. The third kappa shape index (κ3) is 4.08. The minimum absolute atomic E-state index is 0.0511. The molecule has 0 aliphatic heterocycles. The van der Waals surface area contributed by atoms with Gasteiger partial charge < -0.3 is 15.3 Å². The number of hydrogen-bond donors (Lipinski definition) is 3. The van der Waals surface area contributed by atoms with Gasteiger partial charge in [0.05, 0.1) is 28.0 Å². The number of halogens is 3. The first-order valence-electron chi connectivity index (χ1n) is 9.96. The van der Waals surface area contributed by atoms with E-state index in [1.165, 1.54) is 12.1 Å². The Bertz CT molecular complexity index is 1440. The van der Waals surface area contributed by atoms with Gasteiger partial charge in [-0.05, 0) is 60.7 Å². The number of fused-ring (bicyclic) bond motifs is 1. The van der Waals surface area contributed by atoms with Crippen molar-refractivity contribution in [3.05, 3.63) is 90.3 Å². The number of aromatic amines is 2. The number of benzene rings is 2. The van der Waals surface area contributed by atoms with Crippen LogP contribution < -0.4 is 5.32 Å². The Labute approximate surface area is 185 Å². The molecule has 0 saturated carbocycles. The van der Waals surface area contributed by atoms with Crippen molar-refractivity contribution in [3.8, 4) is 22.8 Å². The monoisotopic (exact) mass is 447 g/mol. The van der Waals surface area contributed by atoms with Gasteiger partial charge in [0.1, 0.15) is 11.4 Å². The zero-order valence-electron chi connectivity index (χ0n) is 16.9. The number of hydrogen-bond acceptors (Lipinski definition) is 3. The van der Waals surface area contributed by atoms with Crippen molar-refractivity contribution in [3.63, 3.8) is 0 Å². The molecule has 2 aromatic carbocycles. The summed E-state index contributed by atoms with van der Waals surface area (Å²) in [6, 6.07) is 16.7. The van der Waals surface area contributed by atoms with E-state index in [4.69, 9.17) is 9.97 Å². The molecule has 0 aliphatic rings. The summed E-state index contributed by atoms with van der Waals surface area (Å²) in [5.74, 6) is -0.548. The van der Waals surface area contributed by atoms with Gasteiger partial charge in [0.2, 0.25) is 0 Å². The van der Waals surface area contributed by atoms with Crippen LogP contribution in [0.2, 0.25) is 0 Å². The Morgan fingerprint density at radius 3 is 2.06 bits per heavy atom. The van der Waals surface area contributed by atoms with Gasteiger partial charge in [0.15, 0.2) is 0 Å². The minimum atomic E-state index is -4.50. The van der Waals surface area contributed by atoms with E-state index in [0.717, 1.165) is 23.5 Å². The zero-order chi connectivity index (χ0) is 23.0. The molecule has 6 nitrogen and oxygen atoms in total. The molecule has 0 bridgehead atoms. The number of carbonyl (C=O) groups excluding carboxylic acids is 1. The first-order chi connectivity index (χ1) is 15.9. The third-order valence-corrected chi connectivity index (χ3v) is 5.08. The van der Waals surface area contributed by atoms with E-state index in [0.29, 0.717) is 22.4 Å². The number of nitrogens with one attached hydrogen (secondary N) is 3. The molecule has 9 heteroatoms. The Balaban J connectivity index is 1.52. The summed E-state index contributed by atoms with van der Waals surface area (Å²) in [6.07, 6.45) is -0.927. The zero-order valence-corrected chi connectivity index (χ0v) is 16.9. The first kappa shape index (κ1) is 20.5. The number of amides is 1. The first-order valence-corrected chi connectivity index (χ1v) is 9.96. The Kier molecular flexibility index (Phi) is 4.93. The number of aromatic nitrogens is 4. The number of carbonyl (C=O) groups is 1. The molecule has 0 atom stereocenters. The van der Waals surface area contributed by atoms with E-state index in [-0.39, 0.29) is 11.3 Å². The van der Waals surface area contributed by atoms with Gasteiger partial charge in [-0.15, -0.1) is 0 Å². The van der Waals surface area contributed by atoms with Crippen molar-refractivity contribution in [2.45, 2.75) is 6.18 Å². The van der Waals surface area contributed by atoms with Crippen LogP contribution in [0, 0.1) is 0 Å². The van der Waals surface area contributed by atoms with Crippen molar-refractivity contribution in [2.24, 2.45) is 0 Å². The van der Waals surface area contributed by atoms with Gasteiger partial charge in [0, 0.05) is 23.6 Å². The fraction of sp³-hybridized carbons (Fsp3) is 0.0417. The maximum absolute atomic E-state index is 13.0. The molecular weight excluding hydrogens is 431 g/mol. The van der Waals surface area contributed by atoms with Gasteiger partial charge in [-0.1, -0.05) is 6.07 Å². The molecule has 0 fully saturated rings. The van der Waals surface area contributed by atoms with Gasteiger partial charge in [-0.2, -0.15) is 13.2 Å². The number of anilines is 1. The number of H-pyrrole nitrogens is 2. The molecule has 0 radical (unpaired) electrons. The van der Waals surface area contributed by atoms with Crippen molar-refractivity contribution < 1.29 is 18.0 Å². The van der Waals surface area contributed by atoms with Crippen LogP contribution in [0.25, 0.3) is 33.8 Å². The second kappa shape index (κ2) is 7.94. The smallest absolute Gasteiger partial charge is 0.360 e. The Morgan fingerprint density at radius 1 is 0.788 bits per heavy atom. The lowest BCUT2D eigenvalue weighted by molar-refractivity contribution is -0.137. The predicted octanol–water partition coefficient (Wildman–Crippen LogP) is 5.89. The molecule has 1 amide bonds. The second-order valence-electron chi connectivity index (χ2n) is 7.32. The molecule has 5 rings (SSSR count). The van der Waals surface area contributed by atoms with Gasteiger partial charge in [-0.3, -0.25) is 4.79 Å². The van der Waals surface area contributed by atoms with Crippen LogP contribution in [0.15, 0.2) is 79.1 Å². The summed E-state index contributed by atoms with van der Waals surface area (Å²) in [5.41, 5.74) is 3.32. The molecule has 0 spiro atoms. The highest BCUT2D eigenvalue weighted by Gasteiger charge is 2.30. The quantitative estimate of drug-likeness (QED) is 0.321. The lowest BCUT2D eigenvalue weighted by Crippen LogP contribution is -2.13. The number of alkyl halides is 3. The summed E-state index contributed by atoms with van der Waals surface area (Å²) < 4.78 is 38.9. The van der Waals surface area contributed by atoms with Gasteiger partial charge >= 0.3 is 6.18 Å². The molecule has 3 N–H and O–H groups in total. The highest BCUT2D eigenvalue weighted by atomic mass is 19.4.